The number of pyridine rings is 1. The summed E-state index contributed by atoms with van der Waals surface area (Å²) in [5.41, 5.74) is 7.64. The van der Waals surface area contributed by atoms with E-state index in [1.54, 1.807) is 25.3 Å². The first kappa shape index (κ1) is 35.2. The van der Waals surface area contributed by atoms with Gasteiger partial charge in [-0.05, 0) is 99.1 Å². The number of likely N-dealkylation sites (tertiary alicyclic amines) is 1. The fraction of sp³-hybridized carbons (Fsp3) is 0.385. The zero-order valence-electron chi connectivity index (χ0n) is 28.1. The van der Waals surface area contributed by atoms with E-state index in [9.17, 15) is 10.4 Å². The van der Waals surface area contributed by atoms with E-state index in [0.29, 0.717) is 48.4 Å². The maximum Gasteiger partial charge on any atom is 0.142 e. The highest BCUT2D eigenvalue weighted by molar-refractivity contribution is 6.32. The number of nitrogens with one attached hydrogen (secondary N) is 1. The number of ether oxygens (including phenoxy) is 3. The Morgan fingerprint density at radius 2 is 1.67 bits per heavy atom. The average molecular weight is 669 g/mol. The van der Waals surface area contributed by atoms with Crippen LogP contribution in [0.5, 0.6) is 17.2 Å². The molecule has 0 radical (unpaired) electrons. The second kappa shape index (κ2) is 17.3. The Hall–Kier alpha value is -4.13. The lowest BCUT2D eigenvalue weighted by Crippen LogP contribution is -2.24. The van der Waals surface area contributed by atoms with E-state index >= 15 is 0 Å². The van der Waals surface area contributed by atoms with Gasteiger partial charge in [0.05, 0.1) is 23.3 Å². The molecule has 0 bridgehead atoms. The van der Waals surface area contributed by atoms with Gasteiger partial charge in [0, 0.05) is 49.2 Å². The summed E-state index contributed by atoms with van der Waals surface area (Å²) in [7, 11) is 0. The van der Waals surface area contributed by atoms with Crippen molar-refractivity contribution >= 4 is 11.6 Å². The van der Waals surface area contributed by atoms with Gasteiger partial charge in [-0.25, -0.2) is 0 Å². The highest BCUT2D eigenvalue weighted by Gasteiger charge is 2.16. The van der Waals surface area contributed by atoms with Gasteiger partial charge in [0.2, 0.25) is 0 Å². The summed E-state index contributed by atoms with van der Waals surface area (Å²) in [6.45, 7) is 11.6. The molecule has 8 nitrogen and oxygen atoms in total. The van der Waals surface area contributed by atoms with Crippen LogP contribution in [0.2, 0.25) is 5.02 Å². The van der Waals surface area contributed by atoms with Crippen molar-refractivity contribution in [3.05, 3.63) is 105 Å². The normalized spacial score (nSPS) is 13.7. The number of hydrogen-bond acceptors (Lipinski definition) is 8. The van der Waals surface area contributed by atoms with Gasteiger partial charge in [0.25, 0.3) is 0 Å². The quantitative estimate of drug-likeness (QED) is 0.119. The summed E-state index contributed by atoms with van der Waals surface area (Å²) < 4.78 is 18.8. The van der Waals surface area contributed by atoms with Crippen LogP contribution in [-0.2, 0) is 19.8 Å². The third-order valence-electron chi connectivity index (χ3n) is 8.67. The standard InChI is InChI=1S/C39H45ClN4O4/c1-27(45)21-42-24-33-18-36(40)39(19-38(33)47-25-31-17-30(20-41)22-43-23-31)48-26-32-9-6-10-34(28(32)2)35-11-7-12-37(29(35)3)46-16-8-15-44-13-4-5-14-44/h6-7,9-12,17-19,22-23,27,42,45H,4-5,8,13-16,21,24-26H2,1-3H3. The number of aliphatic hydroxyl groups is 1. The van der Waals surface area contributed by atoms with Gasteiger partial charge in [0.1, 0.15) is 36.5 Å². The van der Waals surface area contributed by atoms with E-state index in [0.717, 1.165) is 57.7 Å². The molecule has 2 heterocycles. The van der Waals surface area contributed by atoms with Crippen molar-refractivity contribution in [3.63, 3.8) is 0 Å². The minimum Gasteiger partial charge on any atom is -0.493 e. The van der Waals surface area contributed by atoms with Crippen LogP contribution in [0.4, 0.5) is 0 Å². The molecule has 2 N–H and O–H groups in total. The molecule has 48 heavy (non-hydrogen) atoms. The van der Waals surface area contributed by atoms with Crippen molar-refractivity contribution < 1.29 is 19.3 Å². The lowest BCUT2D eigenvalue weighted by molar-refractivity contribution is 0.190. The summed E-state index contributed by atoms with van der Waals surface area (Å²) in [6.07, 6.45) is 6.34. The van der Waals surface area contributed by atoms with Crippen molar-refractivity contribution in [1.29, 1.82) is 5.26 Å². The van der Waals surface area contributed by atoms with Gasteiger partial charge < -0.3 is 29.5 Å². The highest BCUT2D eigenvalue weighted by atomic mass is 35.5. The number of rotatable bonds is 16. The maximum atomic E-state index is 9.72. The zero-order chi connectivity index (χ0) is 33.9. The Balaban J connectivity index is 1.30. The van der Waals surface area contributed by atoms with Crippen LogP contribution in [-0.4, -0.2) is 53.9 Å². The van der Waals surface area contributed by atoms with Crippen molar-refractivity contribution in [2.75, 3.05) is 32.8 Å². The number of aromatic nitrogens is 1. The zero-order valence-corrected chi connectivity index (χ0v) is 28.9. The van der Waals surface area contributed by atoms with Gasteiger partial charge in [-0.15, -0.1) is 0 Å². The molecule has 1 aliphatic rings. The number of nitrogens with zero attached hydrogens (tertiary/aromatic N) is 3. The first-order chi connectivity index (χ1) is 23.3. The third-order valence-corrected chi connectivity index (χ3v) is 8.96. The summed E-state index contributed by atoms with van der Waals surface area (Å²) in [5, 5.41) is 22.7. The Morgan fingerprint density at radius 3 is 2.44 bits per heavy atom. The molecule has 1 atom stereocenters. The van der Waals surface area contributed by atoms with Crippen LogP contribution in [0.25, 0.3) is 11.1 Å². The molecule has 4 aromatic rings. The van der Waals surface area contributed by atoms with Gasteiger partial charge in [-0.3, -0.25) is 4.98 Å². The predicted molar refractivity (Wildman–Crippen MR) is 190 cm³/mol. The van der Waals surface area contributed by atoms with E-state index in [-0.39, 0.29) is 6.61 Å². The fourth-order valence-corrected chi connectivity index (χ4v) is 6.23. The molecule has 0 aliphatic carbocycles. The number of halogens is 1. The van der Waals surface area contributed by atoms with E-state index in [1.807, 2.05) is 6.07 Å². The molecular weight excluding hydrogens is 624 g/mol. The van der Waals surface area contributed by atoms with Crippen LogP contribution < -0.4 is 19.5 Å². The van der Waals surface area contributed by atoms with Crippen molar-refractivity contribution in [2.24, 2.45) is 0 Å². The van der Waals surface area contributed by atoms with E-state index in [1.165, 1.54) is 32.1 Å². The first-order valence-electron chi connectivity index (χ1n) is 16.7. The molecule has 5 rings (SSSR count). The molecule has 1 fully saturated rings. The van der Waals surface area contributed by atoms with Gasteiger partial charge in [-0.1, -0.05) is 41.9 Å². The minimum absolute atomic E-state index is 0.217. The Labute approximate surface area is 289 Å². The largest absolute Gasteiger partial charge is 0.493 e. The molecule has 0 amide bonds. The molecule has 0 saturated carbocycles. The second-order valence-corrected chi connectivity index (χ2v) is 12.8. The summed E-state index contributed by atoms with van der Waals surface area (Å²) in [4.78, 5) is 6.65. The van der Waals surface area contributed by atoms with Crippen molar-refractivity contribution in [3.8, 4) is 34.4 Å². The minimum atomic E-state index is -0.491. The first-order valence-corrected chi connectivity index (χ1v) is 17.0. The Kier molecular flexibility index (Phi) is 12.7. The predicted octanol–water partition coefficient (Wildman–Crippen LogP) is 7.38. The van der Waals surface area contributed by atoms with Crippen LogP contribution in [0.1, 0.15) is 59.6 Å². The lowest BCUT2D eigenvalue weighted by atomic mass is 9.93. The second-order valence-electron chi connectivity index (χ2n) is 12.4. The highest BCUT2D eigenvalue weighted by Crippen LogP contribution is 2.36. The van der Waals surface area contributed by atoms with E-state index in [2.05, 4.69) is 71.5 Å². The topological polar surface area (TPSA) is 99.9 Å². The van der Waals surface area contributed by atoms with Crippen molar-refractivity contribution in [2.45, 2.75) is 65.9 Å². The van der Waals surface area contributed by atoms with Gasteiger partial charge >= 0.3 is 0 Å². The molecule has 1 saturated heterocycles. The molecule has 1 aliphatic heterocycles. The number of nitriles is 1. The van der Waals surface area contributed by atoms with Crippen LogP contribution in [0.15, 0.2) is 67.0 Å². The number of benzene rings is 3. The summed E-state index contributed by atoms with van der Waals surface area (Å²) in [6, 6.07) is 20.0. The van der Waals surface area contributed by atoms with E-state index in [4.69, 9.17) is 25.8 Å². The fourth-order valence-electron chi connectivity index (χ4n) is 5.99. The average Bonchev–Trinajstić information content (AvgIpc) is 3.61. The number of aliphatic hydroxyl groups excluding tert-OH is 1. The Morgan fingerprint density at radius 1 is 0.917 bits per heavy atom. The molecule has 252 valence electrons. The molecule has 0 spiro atoms. The van der Waals surface area contributed by atoms with Crippen molar-refractivity contribution in [1.82, 2.24) is 15.2 Å². The number of hydrogen-bond donors (Lipinski definition) is 2. The molecular formula is C39H45ClN4O4. The Bertz CT molecular complexity index is 1720. The maximum absolute atomic E-state index is 9.72. The smallest absolute Gasteiger partial charge is 0.142 e. The molecule has 1 aromatic heterocycles. The van der Waals surface area contributed by atoms with Gasteiger partial charge in [-0.2, -0.15) is 5.26 Å². The van der Waals surface area contributed by atoms with Crippen LogP contribution >= 0.6 is 11.6 Å². The SMILES string of the molecule is Cc1c(COc2cc(OCc3cncc(C#N)c3)c(CNCC(C)O)cc2Cl)cccc1-c1cccc(OCCCN2CCCC2)c1C. The summed E-state index contributed by atoms with van der Waals surface area (Å²) >= 11 is 6.74. The monoisotopic (exact) mass is 668 g/mol. The van der Waals surface area contributed by atoms with Crippen LogP contribution in [0.3, 0.4) is 0 Å². The van der Waals surface area contributed by atoms with Crippen LogP contribution in [0, 0.1) is 25.2 Å². The lowest BCUT2D eigenvalue weighted by Gasteiger charge is -2.19. The van der Waals surface area contributed by atoms with Gasteiger partial charge in [0.15, 0.2) is 0 Å². The third kappa shape index (κ3) is 9.48. The molecule has 9 heteroatoms. The molecule has 3 aromatic carbocycles. The van der Waals surface area contributed by atoms with E-state index < -0.39 is 6.10 Å². The summed E-state index contributed by atoms with van der Waals surface area (Å²) in [5.74, 6) is 2.01. The molecule has 1 unspecified atom stereocenters.